The first-order valence-electron chi connectivity index (χ1n) is 6.38. The van der Waals surface area contributed by atoms with Crippen LogP contribution in [0.25, 0.3) is 0 Å². The lowest BCUT2D eigenvalue weighted by molar-refractivity contribution is -0.136. The van der Waals surface area contributed by atoms with Gasteiger partial charge in [0, 0.05) is 29.1 Å². The monoisotopic (exact) mass is 303 g/mol. The summed E-state index contributed by atoms with van der Waals surface area (Å²) in [4.78, 5) is 36.9. The van der Waals surface area contributed by atoms with Crippen molar-refractivity contribution >= 4 is 29.3 Å². The van der Waals surface area contributed by atoms with E-state index in [4.69, 9.17) is 16.9 Å². The average Bonchev–Trinajstić information content (AvgIpc) is 2.76. The molecule has 0 bridgehead atoms. The van der Waals surface area contributed by atoms with Crippen LogP contribution in [0.1, 0.15) is 34.3 Å². The van der Waals surface area contributed by atoms with Crippen molar-refractivity contribution in [2.45, 2.75) is 25.4 Å². The van der Waals surface area contributed by atoms with Crippen LogP contribution in [0.15, 0.2) is 12.1 Å². The number of rotatable bonds is 1. The molecule has 6 nitrogen and oxygen atoms in total. The molecule has 21 heavy (non-hydrogen) atoms. The summed E-state index contributed by atoms with van der Waals surface area (Å²) in [5.41, 5.74) is 1.26. The third-order valence-electron chi connectivity index (χ3n) is 3.74. The Hall–Kier alpha value is -2.39. The first kappa shape index (κ1) is 13.6. The highest BCUT2D eigenvalue weighted by Crippen LogP contribution is 2.31. The highest BCUT2D eigenvalue weighted by Gasteiger charge is 2.40. The quantitative estimate of drug-likeness (QED) is 0.783. The van der Waals surface area contributed by atoms with Gasteiger partial charge >= 0.3 is 0 Å². The van der Waals surface area contributed by atoms with E-state index >= 15 is 0 Å². The highest BCUT2D eigenvalue weighted by molar-refractivity contribution is 6.31. The molecule has 1 aromatic rings. The van der Waals surface area contributed by atoms with Gasteiger partial charge in [-0.3, -0.25) is 19.7 Å². The molecular weight excluding hydrogens is 294 g/mol. The van der Waals surface area contributed by atoms with E-state index in [-0.39, 0.29) is 24.8 Å². The third kappa shape index (κ3) is 2.16. The average molecular weight is 304 g/mol. The second-order valence-corrected chi connectivity index (χ2v) is 5.43. The number of hydrogen-bond donors (Lipinski definition) is 1. The van der Waals surface area contributed by atoms with E-state index in [0.29, 0.717) is 28.1 Å². The molecular formula is C14H10ClN3O3. The molecule has 0 saturated carbocycles. The van der Waals surface area contributed by atoms with E-state index in [9.17, 15) is 14.4 Å². The molecule has 3 rings (SSSR count). The summed E-state index contributed by atoms with van der Waals surface area (Å²) in [5, 5.41) is 11.7. The molecule has 0 spiro atoms. The van der Waals surface area contributed by atoms with Crippen LogP contribution in [0.4, 0.5) is 0 Å². The molecule has 0 radical (unpaired) electrons. The highest BCUT2D eigenvalue weighted by atomic mass is 35.5. The van der Waals surface area contributed by atoms with Gasteiger partial charge in [-0.25, -0.2) is 0 Å². The van der Waals surface area contributed by atoms with Gasteiger partial charge in [0.25, 0.3) is 5.91 Å². The first-order valence-corrected chi connectivity index (χ1v) is 6.76. The van der Waals surface area contributed by atoms with Crippen molar-refractivity contribution in [2.75, 3.05) is 0 Å². The number of nitrogens with zero attached hydrogens (tertiary/aromatic N) is 2. The largest absolute Gasteiger partial charge is 0.322 e. The van der Waals surface area contributed by atoms with Gasteiger partial charge in [-0.1, -0.05) is 11.6 Å². The zero-order chi connectivity index (χ0) is 15.1. The minimum absolute atomic E-state index is 0.181. The van der Waals surface area contributed by atoms with Gasteiger partial charge in [0.15, 0.2) is 0 Å². The molecule has 106 valence electrons. The number of hydrogen-bond acceptors (Lipinski definition) is 4. The molecule has 1 aromatic carbocycles. The molecule has 7 heteroatoms. The van der Waals surface area contributed by atoms with Crippen LogP contribution < -0.4 is 5.32 Å². The van der Waals surface area contributed by atoms with Crippen LogP contribution in [-0.2, 0) is 16.1 Å². The van der Waals surface area contributed by atoms with Crippen LogP contribution in [0.5, 0.6) is 0 Å². The standard InChI is InChI=1S/C14H10ClN3O3/c15-8-3-7(5-16)10-6-18(14(21)9(10)4-8)11-1-2-12(19)17-13(11)20/h3-4,11H,1-2,6H2,(H,17,19,20). The van der Waals surface area contributed by atoms with E-state index in [1.54, 1.807) is 0 Å². The third-order valence-corrected chi connectivity index (χ3v) is 3.96. The van der Waals surface area contributed by atoms with E-state index in [1.165, 1.54) is 17.0 Å². The molecule has 2 heterocycles. The van der Waals surface area contributed by atoms with Gasteiger partial charge < -0.3 is 4.90 Å². The number of piperidine rings is 1. The molecule has 1 N–H and O–H groups in total. The summed E-state index contributed by atoms with van der Waals surface area (Å²) in [5.74, 6) is -1.14. The number of nitriles is 1. The number of nitrogens with one attached hydrogen (secondary N) is 1. The van der Waals surface area contributed by atoms with Gasteiger partial charge in [0.2, 0.25) is 11.8 Å². The van der Waals surface area contributed by atoms with Crippen molar-refractivity contribution in [3.8, 4) is 6.07 Å². The van der Waals surface area contributed by atoms with Crippen molar-refractivity contribution < 1.29 is 14.4 Å². The van der Waals surface area contributed by atoms with Gasteiger partial charge in [-0.15, -0.1) is 0 Å². The van der Waals surface area contributed by atoms with Gasteiger partial charge in [0.05, 0.1) is 11.6 Å². The Morgan fingerprint density at radius 2 is 2.10 bits per heavy atom. The summed E-state index contributed by atoms with van der Waals surface area (Å²) in [6.07, 6.45) is 0.489. The molecule has 3 amide bonds. The van der Waals surface area contributed by atoms with Crippen LogP contribution in [-0.4, -0.2) is 28.7 Å². The molecule has 2 aliphatic heterocycles. The van der Waals surface area contributed by atoms with E-state index in [0.717, 1.165) is 0 Å². The molecule has 1 atom stereocenters. The molecule has 1 fully saturated rings. The number of amides is 3. The van der Waals surface area contributed by atoms with E-state index < -0.39 is 11.9 Å². The first-order chi connectivity index (χ1) is 10.0. The Bertz CT molecular complexity index is 723. The molecule has 2 aliphatic rings. The fraction of sp³-hybridized carbons (Fsp3) is 0.286. The van der Waals surface area contributed by atoms with E-state index in [1.807, 2.05) is 6.07 Å². The number of imide groups is 1. The number of fused-ring (bicyclic) bond motifs is 1. The summed E-state index contributed by atoms with van der Waals surface area (Å²) >= 11 is 5.91. The van der Waals surface area contributed by atoms with Gasteiger partial charge in [-0.2, -0.15) is 5.26 Å². The van der Waals surface area contributed by atoms with Crippen LogP contribution in [0.2, 0.25) is 5.02 Å². The summed E-state index contributed by atoms with van der Waals surface area (Å²) in [6, 6.07) is 4.33. The van der Waals surface area contributed by atoms with Crippen molar-refractivity contribution in [1.29, 1.82) is 5.26 Å². The van der Waals surface area contributed by atoms with Crippen molar-refractivity contribution in [1.82, 2.24) is 10.2 Å². The summed E-state index contributed by atoms with van der Waals surface area (Å²) in [7, 11) is 0. The van der Waals surface area contributed by atoms with Crippen molar-refractivity contribution in [2.24, 2.45) is 0 Å². The fourth-order valence-corrected chi connectivity index (χ4v) is 2.94. The minimum Gasteiger partial charge on any atom is -0.322 e. The smallest absolute Gasteiger partial charge is 0.255 e. The predicted molar refractivity (Wildman–Crippen MR) is 72.2 cm³/mol. The zero-order valence-electron chi connectivity index (χ0n) is 10.9. The molecule has 1 unspecified atom stereocenters. The maximum atomic E-state index is 12.4. The van der Waals surface area contributed by atoms with Gasteiger partial charge in [0.1, 0.15) is 6.04 Å². The zero-order valence-corrected chi connectivity index (χ0v) is 11.6. The maximum absolute atomic E-state index is 12.4. The number of benzene rings is 1. The van der Waals surface area contributed by atoms with Crippen LogP contribution >= 0.6 is 11.6 Å². The van der Waals surface area contributed by atoms with Gasteiger partial charge in [-0.05, 0) is 18.6 Å². The van der Waals surface area contributed by atoms with Crippen molar-refractivity contribution in [3.63, 3.8) is 0 Å². The minimum atomic E-state index is -0.687. The molecule has 0 aromatic heterocycles. The lowest BCUT2D eigenvalue weighted by Crippen LogP contribution is -2.52. The maximum Gasteiger partial charge on any atom is 0.255 e. The van der Waals surface area contributed by atoms with Crippen molar-refractivity contribution in [3.05, 3.63) is 33.8 Å². The fourth-order valence-electron chi connectivity index (χ4n) is 2.73. The Morgan fingerprint density at radius 1 is 1.33 bits per heavy atom. The Balaban J connectivity index is 1.96. The predicted octanol–water partition coefficient (Wildman–Crippen LogP) is 0.973. The SMILES string of the molecule is N#Cc1cc(Cl)cc2c1CN(C1CCC(=O)NC1=O)C2=O. The lowest BCUT2D eigenvalue weighted by Gasteiger charge is -2.29. The van der Waals surface area contributed by atoms with Crippen LogP contribution in [0.3, 0.4) is 0 Å². The lowest BCUT2D eigenvalue weighted by atomic mass is 10.0. The number of carbonyl (C=O) groups is 3. The van der Waals surface area contributed by atoms with Crippen LogP contribution in [0, 0.1) is 11.3 Å². The Labute approximate surface area is 125 Å². The summed E-state index contributed by atoms with van der Waals surface area (Å²) < 4.78 is 0. The Morgan fingerprint density at radius 3 is 2.76 bits per heavy atom. The molecule has 1 saturated heterocycles. The van der Waals surface area contributed by atoms with E-state index in [2.05, 4.69) is 5.32 Å². The summed E-state index contributed by atoms with van der Waals surface area (Å²) in [6.45, 7) is 0.181. The normalized spacial score (nSPS) is 21.0. The Kier molecular flexibility index (Phi) is 3.15. The number of carbonyl (C=O) groups excluding carboxylic acids is 3. The second kappa shape index (κ2) is 4.86. The second-order valence-electron chi connectivity index (χ2n) is 4.99. The molecule has 0 aliphatic carbocycles. The number of halogens is 1. The topological polar surface area (TPSA) is 90.3 Å².